The molecule has 1 atom stereocenters. The Bertz CT molecular complexity index is 1030. The summed E-state index contributed by atoms with van der Waals surface area (Å²) < 4.78 is 21.0. The molecule has 1 saturated heterocycles. The van der Waals surface area contributed by atoms with E-state index in [9.17, 15) is 9.18 Å². The topological polar surface area (TPSA) is 47.4 Å². The van der Waals surface area contributed by atoms with E-state index in [1.165, 1.54) is 12.1 Å². The van der Waals surface area contributed by atoms with Gasteiger partial charge in [0.2, 0.25) is 0 Å². The first-order valence-electron chi connectivity index (χ1n) is 10.0. The highest BCUT2D eigenvalue weighted by Gasteiger charge is 2.32. The molecule has 1 amide bonds. The van der Waals surface area contributed by atoms with Gasteiger partial charge in [0.25, 0.3) is 5.91 Å². The number of aromatic nitrogens is 2. The second kappa shape index (κ2) is 7.44. The minimum Gasteiger partial charge on any atom is -0.370 e. The maximum Gasteiger partial charge on any atom is 0.274 e. The Morgan fingerprint density at radius 3 is 2.66 bits per heavy atom. The summed E-state index contributed by atoms with van der Waals surface area (Å²) in [5, 5.41) is 4.67. The van der Waals surface area contributed by atoms with Crippen LogP contribution in [0.4, 0.5) is 4.39 Å². The van der Waals surface area contributed by atoms with Crippen LogP contribution in [0.5, 0.6) is 0 Å². The Kier molecular flexibility index (Phi) is 4.64. The van der Waals surface area contributed by atoms with Crippen LogP contribution in [0.1, 0.15) is 39.8 Å². The van der Waals surface area contributed by atoms with Crippen LogP contribution >= 0.6 is 0 Å². The minimum absolute atomic E-state index is 0.0479. The molecule has 0 bridgehead atoms. The maximum absolute atomic E-state index is 13.4. The number of halogens is 1. The highest BCUT2D eigenvalue weighted by molar-refractivity contribution is 5.94. The lowest BCUT2D eigenvalue weighted by atomic mass is 10.1. The van der Waals surface area contributed by atoms with Gasteiger partial charge in [0.15, 0.2) is 5.69 Å². The number of rotatable bonds is 3. The molecule has 0 radical (unpaired) electrons. The summed E-state index contributed by atoms with van der Waals surface area (Å²) in [4.78, 5) is 15.2. The smallest absolute Gasteiger partial charge is 0.274 e. The van der Waals surface area contributed by atoms with Crippen molar-refractivity contribution in [3.8, 4) is 5.69 Å². The van der Waals surface area contributed by atoms with Gasteiger partial charge in [-0.05, 0) is 49.1 Å². The third kappa shape index (κ3) is 3.34. The van der Waals surface area contributed by atoms with E-state index in [0.717, 1.165) is 41.8 Å². The van der Waals surface area contributed by atoms with Crippen molar-refractivity contribution in [2.45, 2.75) is 25.4 Å². The van der Waals surface area contributed by atoms with Gasteiger partial charge >= 0.3 is 0 Å². The fourth-order valence-electron chi connectivity index (χ4n) is 4.26. The summed E-state index contributed by atoms with van der Waals surface area (Å²) >= 11 is 0. The second-order valence-electron chi connectivity index (χ2n) is 7.54. The van der Waals surface area contributed by atoms with Crippen LogP contribution in [-0.2, 0) is 17.6 Å². The monoisotopic (exact) mass is 391 g/mol. The van der Waals surface area contributed by atoms with Gasteiger partial charge in [0, 0.05) is 17.8 Å². The van der Waals surface area contributed by atoms with Gasteiger partial charge in [0.05, 0.1) is 18.8 Å². The van der Waals surface area contributed by atoms with Crippen molar-refractivity contribution in [1.82, 2.24) is 14.7 Å². The van der Waals surface area contributed by atoms with Crippen molar-refractivity contribution in [2.24, 2.45) is 0 Å². The number of amides is 1. The summed E-state index contributed by atoms with van der Waals surface area (Å²) in [6.45, 7) is 1.58. The number of carbonyl (C=O) groups excluding carboxylic acids is 1. The van der Waals surface area contributed by atoms with E-state index < -0.39 is 0 Å². The van der Waals surface area contributed by atoms with Crippen LogP contribution in [0.3, 0.4) is 0 Å². The summed E-state index contributed by atoms with van der Waals surface area (Å²) in [5.74, 6) is -0.331. The molecule has 0 N–H and O–H groups in total. The number of carbonyl (C=O) groups is 1. The van der Waals surface area contributed by atoms with E-state index in [2.05, 4.69) is 5.10 Å². The average Bonchev–Trinajstić information content (AvgIpc) is 3.38. The predicted molar refractivity (Wildman–Crippen MR) is 107 cm³/mol. The molecule has 1 aromatic heterocycles. The van der Waals surface area contributed by atoms with Crippen LogP contribution in [-0.4, -0.2) is 40.3 Å². The number of hydrogen-bond donors (Lipinski definition) is 0. The summed E-state index contributed by atoms with van der Waals surface area (Å²) in [5.41, 5.74) is 4.48. The van der Waals surface area contributed by atoms with Crippen LogP contribution in [0.15, 0.2) is 54.6 Å². The molecule has 1 fully saturated rings. The molecule has 1 unspecified atom stereocenters. The normalized spacial score (nSPS) is 18.7. The number of hydrogen-bond acceptors (Lipinski definition) is 3. The lowest BCUT2D eigenvalue weighted by Gasteiger charge is -2.33. The molecule has 2 aromatic carbocycles. The Labute approximate surface area is 168 Å². The van der Waals surface area contributed by atoms with Crippen molar-refractivity contribution >= 4 is 5.91 Å². The molecule has 148 valence electrons. The number of morpholine rings is 1. The predicted octanol–water partition coefficient (Wildman–Crippen LogP) is 3.71. The standard InChI is InChI=1S/C23H22FN3O2/c24-17-9-11-18(12-10-17)27-20-8-4-7-19(20)22(25-27)23(28)26-13-14-29-21(15-26)16-5-2-1-3-6-16/h1-3,5-6,9-12,21H,4,7-8,13-15H2. The molecule has 6 heteroatoms. The Morgan fingerprint density at radius 2 is 1.86 bits per heavy atom. The molecule has 1 aliphatic carbocycles. The van der Waals surface area contributed by atoms with Crippen LogP contribution in [0, 0.1) is 5.82 Å². The Balaban J connectivity index is 1.44. The number of ether oxygens (including phenoxy) is 1. The number of fused-ring (bicyclic) bond motifs is 1. The van der Waals surface area contributed by atoms with Crippen molar-refractivity contribution < 1.29 is 13.9 Å². The highest BCUT2D eigenvalue weighted by atomic mass is 19.1. The third-order valence-corrected chi connectivity index (χ3v) is 5.73. The van der Waals surface area contributed by atoms with E-state index in [1.54, 1.807) is 12.1 Å². The molecular formula is C23H22FN3O2. The lowest BCUT2D eigenvalue weighted by Crippen LogP contribution is -2.42. The highest BCUT2D eigenvalue weighted by Crippen LogP contribution is 2.30. The van der Waals surface area contributed by atoms with Gasteiger partial charge in [-0.1, -0.05) is 30.3 Å². The molecule has 2 heterocycles. The summed E-state index contributed by atoms with van der Waals surface area (Å²) in [7, 11) is 0. The van der Waals surface area contributed by atoms with Gasteiger partial charge in [-0.3, -0.25) is 4.79 Å². The lowest BCUT2D eigenvalue weighted by molar-refractivity contribution is -0.0230. The van der Waals surface area contributed by atoms with Gasteiger partial charge in [-0.2, -0.15) is 5.10 Å². The Hall–Kier alpha value is -2.99. The SMILES string of the molecule is O=C(c1nn(-c2ccc(F)cc2)c2c1CCC2)N1CCOC(c2ccccc2)C1. The van der Waals surface area contributed by atoms with Crippen molar-refractivity contribution in [2.75, 3.05) is 19.7 Å². The average molecular weight is 391 g/mol. The first-order valence-corrected chi connectivity index (χ1v) is 10.0. The van der Waals surface area contributed by atoms with Gasteiger partial charge in [-0.15, -0.1) is 0 Å². The minimum atomic E-state index is -0.283. The first kappa shape index (κ1) is 18.1. The molecule has 29 heavy (non-hydrogen) atoms. The van der Waals surface area contributed by atoms with Crippen molar-refractivity contribution in [1.29, 1.82) is 0 Å². The quantitative estimate of drug-likeness (QED) is 0.684. The zero-order valence-corrected chi connectivity index (χ0v) is 16.1. The number of benzene rings is 2. The number of nitrogens with zero attached hydrogens (tertiary/aromatic N) is 3. The fourth-order valence-corrected chi connectivity index (χ4v) is 4.26. The first-order chi connectivity index (χ1) is 14.2. The van der Waals surface area contributed by atoms with E-state index in [0.29, 0.717) is 25.4 Å². The molecule has 5 nitrogen and oxygen atoms in total. The molecule has 0 saturated carbocycles. The van der Waals surface area contributed by atoms with Gasteiger partial charge < -0.3 is 9.64 Å². The van der Waals surface area contributed by atoms with Gasteiger partial charge in [-0.25, -0.2) is 9.07 Å². The Morgan fingerprint density at radius 1 is 1.07 bits per heavy atom. The van der Waals surface area contributed by atoms with E-state index in [4.69, 9.17) is 4.74 Å². The fraction of sp³-hybridized carbons (Fsp3) is 0.304. The van der Waals surface area contributed by atoms with Crippen molar-refractivity contribution in [3.63, 3.8) is 0 Å². The van der Waals surface area contributed by atoms with Crippen LogP contribution in [0.2, 0.25) is 0 Å². The molecule has 1 aliphatic heterocycles. The molecule has 2 aliphatic rings. The van der Waals surface area contributed by atoms with E-state index in [-0.39, 0.29) is 17.8 Å². The van der Waals surface area contributed by atoms with Crippen molar-refractivity contribution in [3.05, 3.63) is 82.9 Å². The molecular weight excluding hydrogens is 369 g/mol. The zero-order valence-electron chi connectivity index (χ0n) is 16.1. The van der Waals surface area contributed by atoms with Crippen LogP contribution in [0.25, 0.3) is 5.69 Å². The summed E-state index contributed by atoms with van der Waals surface area (Å²) in [6, 6.07) is 16.2. The molecule has 0 spiro atoms. The maximum atomic E-state index is 13.4. The molecule has 5 rings (SSSR count). The van der Waals surface area contributed by atoms with E-state index >= 15 is 0 Å². The van der Waals surface area contributed by atoms with E-state index in [1.807, 2.05) is 39.9 Å². The van der Waals surface area contributed by atoms with Crippen LogP contribution < -0.4 is 0 Å². The zero-order chi connectivity index (χ0) is 19.8. The largest absolute Gasteiger partial charge is 0.370 e. The molecule has 3 aromatic rings. The second-order valence-corrected chi connectivity index (χ2v) is 7.54. The third-order valence-electron chi connectivity index (χ3n) is 5.73. The van der Waals surface area contributed by atoms with Gasteiger partial charge in [0.1, 0.15) is 11.9 Å². The summed E-state index contributed by atoms with van der Waals surface area (Å²) in [6.07, 6.45) is 2.61.